The van der Waals surface area contributed by atoms with Crippen molar-refractivity contribution in [2.24, 2.45) is 0 Å². The zero-order valence-corrected chi connectivity index (χ0v) is 14.3. The minimum absolute atomic E-state index is 0.00642. The molecule has 0 N–H and O–H groups in total. The van der Waals surface area contributed by atoms with E-state index in [1.54, 1.807) is 19.1 Å². The maximum atomic E-state index is 12.0. The van der Waals surface area contributed by atoms with Crippen LogP contribution in [0.2, 0.25) is 0 Å². The Hall–Kier alpha value is -2.42. The van der Waals surface area contributed by atoms with Gasteiger partial charge in [-0.25, -0.2) is 0 Å². The van der Waals surface area contributed by atoms with E-state index in [2.05, 4.69) is 10.1 Å². The van der Waals surface area contributed by atoms with Crippen molar-refractivity contribution < 1.29 is 19.0 Å². The van der Waals surface area contributed by atoms with Crippen molar-refractivity contribution in [1.29, 1.82) is 0 Å². The molecule has 1 unspecified atom stereocenters. The van der Waals surface area contributed by atoms with Gasteiger partial charge in [0.05, 0.1) is 4.92 Å². The van der Waals surface area contributed by atoms with Gasteiger partial charge in [0, 0.05) is 22.9 Å². The Balaban J connectivity index is 1.86. The molecule has 0 saturated heterocycles. The lowest BCUT2D eigenvalue weighted by Crippen LogP contribution is -2.16. The van der Waals surface area contributed by atoms with Crippen molar-refractivity contribution in [3.63, 3.8) is 0 Å². The number of nitro groups is 1. The SMILES string of the molecule is CC(Sc1ccc([N+](=O)[O-])cc1)C(=O)OCc1nc(C(C)C)no1. The Bertz CT molecular complexity index is 714. The Morgan fingerprint density at radius 1 is 1.33 bits per heavy atom. The third kappa shape index (κ3) is 4.79. The molecule has 2 aromatic rings. The number of rotatable bonds is 7. The summed E-state index contributed by atoms with van der Waals surface area (Å²) in [6, 6.07) is 5.98. The molecule has 0 aliphatic rings. The van der Waals surface area contributed by atoms with E-state index in [0.717, 1.165) is 4.90 Å². The van der Waals surface area contributed by atoms with E-state index < -0.39 is 16.1 Å². The average Bonchev–Trinajstić information content (AvgIpc) is 3.02. The second-order valence-electron chi connectivity index (χ2n) is 5.32. The van der Waals surface area contributed by atoms with Gasteiger partial charge in [-0.2, -0.15) is 4.98 Å². The summed E-state index contributed by atoms with van der Waals surface area (Å²) in [5.74, 6) is 0.520. The van der Waals surface area contributed by atoms with Crippen LogP contribution in [0.5, 0.6) is 0 Å². The second-order valence-corrected chi connectivity index (χ2v) is 6.73. The van der Waals surface area contributed by atoms with Crippen molar-refractivity contribution in [1.82, 2.24) is 10.1 Å². The molecule has 0 aliphatic carbocycles. The fourth-order valence-electron chi connectivity index (χ4n) is 1.71. The number of hydrogen-bond acceptors (Lipinski definition) is 8. The van der Waals surface area contributed by atoms with Gasteiger partial charge in [0.1, 0.15) is 5.25 Å². The van der Waals surface area contributed by atoms with Crippen LogP contribution in [0.25, 0.3) is 0 Å². The van der Waals surface area contributed by atoms with E-state index >= 15 is 0 Å². The Morgan fingerprint density at radius 3 is 2.54 bits per heavy atom. The second kappa shape index (κ2) is 7.91. The molecule has 8 nitrogen and oxygen atoms in total. The van der Waals surface area contributed by atoms with Gasteiger partial charge >= 0.3 is 5.97 Å². The highest BCUT2D eigenvalue weighted by molar-refractivity contribution is 8.00. The molecular formula is C15H17N3O5S. The standard InChI is InChI=1S/C15H17N3O5S/c1-9(2)14-16-13(23-17-14)8-22-15(19)10(3)24-12-6-4-11(5-7-12)18(20)21/h4-7,9-10H,8H2,1-3H3. The number of nitro benzene ring substituents is 1. The quantitative estimate of drug-likeness (QED) is 0.323. The van der Waals surface area contributed by atoms with Crippen LogP contribution in [-0.2, 0) is 16.1 Å². The Kier molecular flexibility index (Phi) is 5.91. The Morgan fingerprint density at radius 2 is 2.00 bits per heavy atom. The van der Waals surface area contributed by atoms with Crippen LogP contribution < -0.4 is 0 Å². The summed E-state index contributed by atoms with van der Waals surface area (Å²) in [4.78, 5) is 27.0. The van der Waals surface area contributed by atoms with E-state index in [-0.39, 0.29) is 24.1 Å². The number of benzene rings is 1. The monoisotopic (exact) mass is 351 g/mol. The molecule has 24 heavy (non-hydrogen) atoms. The van der Waals surface area contributed by atoms with E-state index in [1.807, 2.05) is 13.8 Å². The molecule has 2 rings (SSSR count). The highest BCUT2D eigenvalue weighted by Gasteiger charge is 2.18. The molecule has 0 radical (unpaired) electrons. The van der Waals surface area contributed by atoms with Gasteiger partial charge in [-0.15, -0.1) is 11.8 Å². The average molecular weight is 351 g/mol. The number of esters is 1. The summed E-state index contributed by atoms with van der Waals surface area (Å²) in [7, 11) is 0. The highest BCUT2D eigenvalue weighted by Crippen LogP contribution is 2.26. The summed E-state index contributed by atoms with van der Waals surface area (Å²) >= 11 is 1.25. The van der Waals surface area contributed by atoms with Gasteiger partial charge < -0.3 is 9.26 Å². The van der Waals surface area contributed by atoms with Gasteiger partial charge in [0.2, 0.25) is 0 Å². The molecule has 0 aliphatic heterocycles. The first-order valence-corrected chi connectivity index (χ1v) is 8.15. The third-order valence-electron chi connectivity index (χ3n) is 3.03. The molecule has 1 atom stereocenters. The highest BCUT2D eigenvalue weighted by atomic mass is 32.2. The maximum absolute atomic E-state index is 12.0. The van der Waals surface area contributed by atoms with Crippen molar-refractivity contribution in [3.8, 4) is 0 Å². The first-order chi connectivity index (χ1) is 11.4. The van der Waals surface area contributed by atoms with Crippen LogP contribution >= 0.6 is 11.8 Å². The third-order valence-corrected chi connectivity index (χ3v) is 4.12. The molecule has 1 aromatic carbocycles. The zero-order valence-electron chi connectivity index (χ0n) is 13.5. The zero-order chi connectivity index (χ0) is 17.7. The van der Waals surface area contributed by atoms with Crippen LogP contribution in [0.15, 0.2) is 33.7 Å². The van der Waals surface area contributed by atoms with Crippen LogP contribution in [-0.4, -0.2) is 26.3 Å². The van der Waals surface area contributed by atoms with Crippen molar-refractivity contribution in [2.75, 3.05) is 0 Å². The number of thioether (sulfide) groups is 1. The lowest BCUT2D eigenvalue weighted by atomic mass is 10.2. The largest absolute Gasteiger partial charge is 0.455 e. The minimum atomic E-state index is -0.473. The molecule has 0 saturated carbocycles. The molecule has 9 heteroatoms. The molecule has 1 heterocycles. The van der Waals surface area contributed by atoms with E-state index in [0.29, 0.717) is 5.82 Å². The maximum Gasteiger partial charge on any atom is 0.319 e. The predicted molar refractivity (Wildman–Crippen MR) is 86.6 cm³/mol. The number of non-ortho nitro benzene ring substituents is 1. The molecule has 0 amide bonds. The van der Waals surface area contributed by atoms with E-state index in [1.165, 1.54) is 23.9 Å². The summed E-state index contributed by atoms with van der Waals surface area (Å²) in [6.07, 6.45) is 0. The van der Waals surface area contributed by atoms with Crippen molar-refractivity contribution in [2.45, 2.75) is 43.4 Å². The number of aromatic nitrogens is 2. The number of nitrogens with zero attached hydrogens (tertiary/aromatic N) is 3. The molecule has 128 valence electrons. The molecular weight excluding hydrogens is 334 g/mol. The lowest BCUT2D eigenvalue weighted by molar-refractivity contribution is -0.384. The normalized spacial score (nSPS) is 12.2. The number of carbonyl (C=O) groups excluding carboxylic acids is 1. The molecule has 0 spiro atoms. The topological polar surface area (TPSA) is 108 Å². The fraction of sp³-hybridized carbons (Fsp3) is 0.400. The Labute approximate surface area is 142 Å². The van der Waals surface area contributed by atoms with E-state index in [9.17, 15) is 14.9 Å². The van der Waals surface area contributed by atoms with Crippen LogP contribution in [0, 0.1) is 10.1 Å². The summed E-state index contributed by atoms with van der Waals surface area (Å²) < 4.78 is 10.2. The summed E-state index contributed by atoms with van der Waals surface area (Å²) in [5, 5.41) is 13.9. The first-order valence-electron chi connectivity index (χ1n) is 7.27. The minimum Gasteiger partial charge on any atom is -0.455 e. The van der Waals surface area contributed by atoms with Crippen LogP contribution in [0.3, 0.4) is 0 Å². The van der Waals surface area contributed by atoms with Crippen LogP contribution in [0.4, 0.5) is 5.69 Å². The van der Waals surface area contributed by atoms with Crippen molar-refractivity contribution >= 4 is 23.4 Å². The van der Waals surface area contributed by atoms with Gasteiger partial charge in [0.15, 0.2) is 12.4 Å². The fourth-order valence-corrected chi connectivity index (χ4v) is 2.58. The number of ether oxygens (including phenoxy) is 1. The van der Waals surface area contributed by atoms with Gasteiger partial charge in [-0.3, -0.25) is 14.9 Å². The lowest BCUT2D eigenvalue weighted by Gasteiger charge is -2.09. The molecule has 0 fully saturated rings. The van der Waals surface area contributed by atoms with Crippen molar-refractivity contribution in [3.05, 3.63) is 46.1 Å². The van der Waals surface area contributed by atoms with Gasteiger partial charge in [-0.05, 0) is 19.1 Å². The van der Waals surface area contributed by atoms with Crippen LogP contribution in [0.1, 0.15) is 38.4 Å². The van der Waals surface area contributed by atoms with E-state index in [4.69, 9.17) is 9.26 Å². The summed E-state index contributed by atoms with van der Waals surface area (Å²) in [5.41, 5.74) is 0.00642. The number of hydrogen-bond donors (Lipinski definition) is 0. The first kappa shape index (κ1) is 17.9. The smallest absolute Gasteiger partial charge is 0.319 e. The predicted octanol–water partition coefficient (Wildman–Crippen LogP) is 3.33. The number of carbonyl (C=O) groups is 1. The van der Waals surface area contributed by atoms with Gasteiger partial charge in [-0.1, -0.05) is 19.0 Å². The summed E-state index contributed by atoms with van der Waals surface area (Å²) in [6.45, 7) is 5.48. The van der Waals surface area contributed by atoms with Gasteiger partial charge in [0.25, 0.3) is 11.6 Å². The molecule has 0 bridgehead atoms. The molecule has 1 aromatic heterocycles.